The van der Waals surface area contributed by atoms with Crippen molar-refractivity contribution in [2.75, 3.05) is 6.54 Å². The van der Waals surface area contributed by atoms with E-state index in [0.29, 0.717) is 0 Å². The van der Waals surface area contributed by atoms with Crippen LogP contribution < -0.4 is 5.32 Å². The number of aryl methyl sites for hydroxylation is 3. The standard InChI is InChI=1S/C16H20ClNS/c1-5-18-16(14-9-19-8-12(14)4)13-6-11(3)15(17)7-10(13)2/h6-9,16,18H,5H2,1-4H3. The number of hydrogen-bond donors (Lipinski definition) is 1. The van der Waals surface area contributed by atoms with Gasteiger partial charge in [0.15, 0.2) is 0 Å². The molecule has 1 atom stereocenters. The van der Waals surface area contributed by atoms with Crippen LogP contribution in [0, 0.1) is 20.8 Å². The number of benzene rings is 1. The Hall–Kier alpha value is -0.830. The van der Waals surface area contributed by atoms with E-state index in [-0.39, 0.29) is 6.04 Å². The predicted molar refractivity (Wildman–Crippen MR) is 85.5 cm³/mol. The molecule has 1 N–H and O–H groups in total. The molecule has 0 saturated heterocycles. The summed E-state index contributed by atoms with van der Waals surface area (Å²) in [4.78, 5) is 0. The topological polar surface area (TPSA) is 12.0 Å². The van der Waals surface area contributed by atoms with Gasteiger partial charge in [-0.3, -0.25) is 0 Å². The van der Waals surface area contributed by atoms with Gasteiger partial charge in [-0.15, -0.1) is 0 Å². The van der Waals surface area contributed by atoms with Gasteiger partial charge in [-0.1, -0.05) is 24.6 Å². The highest BCUT2D eigenvalue weighted by Crippen LogP contribution is 2.32. The van der Waals surface area contributed by atoms with Crippen LogP contribution in [0.15, 0.2) is 22.9 Å². The van der Waals surface area contributed by atoms with Crippen LogP contribution in [0.4, 0.5) is 0 Å². The number of thiophene rings is 1. The van der Waals surface area contributed by atoms with E-state index in [1.807, 2.05) is 0 Å². The SMILES string of the molecule is CCNC(c1cscc1C)c1cc(C)c(Cl)cc1C. The molecule has 0 aliphatic rings. The molecule has 1 nitrogen and oxygen atoms in total. The molecule has 0 fully saturated rings. The lowest BCUT2D eigenvalue weighted by Crippen LogP contribution is -2.23. The Kier molecular flexibility index (Phi) is 4.67. The summed E-state index contributed by atoms with van der Waals surface area (Å²) in [5, 5.41) is 8.89. The Morgan fingerprint density at radius 1 is 1.05 bits per heavy atom. The normalized spacial score (nSPS) is 12.7. The fourth-order valence-corrected chi connectivity index (χ4v) is 3.47. The molecular formula is C16H20ClNS. The summed E-state index contributed by atoms with van der Waals surface area (Å²) in [7, 11) is 0. The van der Waals surface area contributed by atoms with Crippen LogP contribution in [0.3, 0.4) is 0 Å². The summed E-state index contributed by atoms with van der Waals surface area (Å²) in [6.07, 6.45) is 0. The van der Waals surface area contributed by atoms with Crippen LogP contribution in [-0.2, 0) is 0 Å². The maximum Gasteiger partial charge on any atom is 0.0590 e. The Morgan fingerprint density at radius 2 is 1.79 bits per heavy atom. The molecule has 3 heteroatoms. The fourth-order valence-electron chi connectivity index (χ4n) is 2.37. The van der Waals surface area contributed by atoms with Gasteiger partial charge in [-0.25, -0.2) is 0 Å². The molecule has 2 rings (SSSR count). The molecule has 2 aromatic rings. The minimum atomic E-state index is 0.257. The Morgan fingerprint density at radius 3 is 2.37 bits per heavy atom. The first kappa shape index (κ1) is 14.6. The molecular weight excluding hydrogens is 274 g/mol. The van der Waals surface area contributed by atoms with Crippen LogP contribution in [0.25, 0.3) is 0 Å². The van der Waals surface area contributed by atoms with Crippen LogP contribution in [0.1, 0.15) is 40.8 Å². The van der Waals surface area contributed by atoms with E-state index in [0.717, 1.165) is 17.1 Å². The van der Waals surface area contributed by atoms with Gasteiger partial charge < -0.3 is 5.32 Å². The zero-order chi connectivity index (χ0) is 14.0. The van der Waals surface area contributed by atoms with E-state index in [9.17, 15) is 0 Å². The van der Waals surface area contributed by atoms with Gasteiger partial charge in [0.05, 0.1) is 6.04 Å². The maximum absolute atomic E-state index is 6.21. The van der Waals surface area contributed by atoms with Crippen molar-refractivity contribution in [3.8, 4) is 0 Å². The van der Waals surface area contributed by atoms with Gasteiger partial charge in [0.2, 0.25) is 0 Å². The summed E-state index contributed by atoms with van der Waals surface area (Å²) in [5.41, 5.74) is 6.43. The Bertz CT molecular complexity index is 574. The highest BCUT2D eigenvalue weighted by atomic mass is 35.5. The molecule has 0 aliphatic carbocycles. The van der Waals surface area contributed by atoms with Gasteiger partial charge in [0.25, 0.3) is 0 Å². The zero-order valence-electron chi connectivity index (χ0n) is 11.9. The lowest BCUT2D eigenvalue weighted by molar-refractivity contribution is 0.626. The van der Waals surface area contributed by atoms with Crippen molar-refractivity contribution in [3.63, 3.8) is 0 Å². The molecule has 1 unspecified atom stereocenters. The molecule has 1 heterocycles. The third-order valence-electron chi connectivity index (χ3n) is 3.47. The van der Waals surface area contributed by atoms with Crippen molar-refractivity contribution in [1.29, 1.82) is 0 Å². The van der Waals surface area contributed by atoms with Crippen molar-refractivity contribution in [3.05, 3.63) is 55.7 Å². The molecule has 19 heavy (non-hydrogen) atoms. The summed E-state index contributed by atoms with van der Waals surface area (Å²) in [5.74, 6) is 0. The largest absolute Gasteiger partial charge is 0.306 e. The number of rotatable bonds is 4. The molecule has 0 aliphatic heterocycles. The number of halogens is 1. The monoisotopic (exact) mass is 293 g/mol. The molecule has 0 amide bonds. The maximum atomic E-state index is 6.21. The molecule has 102 valence electrons. The molecule has 1 aromatic carbocycles. The van der Waals surface area contributed by atoms with Gasteiger partial charge in [0, 0.05) is 5.02 Å². The van der Waals surface area contributed by atoms with Gasteiger partial charge in [0.1, 0.15) is 0 Å². The fraction of sp³-hybridized carbons (Fsp3) is 0.375. The highest BCUT2D eigenvalue weighted by molar-refractivity contribution is 7.08. The van der Waals surface area contributed by atoms with Crippen LogP contribution in [-0.4, -0.2) is 6.54 Å². The van der Waals surface area contributed by atoms with E-state index >= 15 is 0 Å². The summed E-state index contributed by atoms with van der Waals surface area (Å²) >= 11 is 7.97. The van der Waals surface area contributed by atoms with Crippen molar-refractivity contribution < 1.29 is 0 Å². The van der Waals surface area contributed by atoms with Crippen LogP contribution in [0.5, 0.6) is 0 Å². The number of nitrogens with one attached hydrogen (secondary N) is 1. The molecule has 1 aromatic heterocycles. The van der Waals surface area contributed by atoms with Crippen molar-refractivity contribution in [1.82, 2.24) is 5.32 Å². The third kappa shape index (κ3) is 3.02. The minimum absolute atomic E-state index is 0.257. The van der Waals surface area contributed by atoms with E-state index < -0.39 is 0 Å². The second kappa shape index (κ2) is 6.08. The van der Waals surface area contributed by atoms with Gasteiger partial charge in [-0.2, -0.15) is 11.3 Å². The average Bonchev–Trinajstić information content (AvgIpc) is 2.77. The lowest BCUT2D eigenvalue weighted by atomic mass is 9.93. The Labute approximate surface area is 124 Å². The van der Waals surface area contributed by atoms with Crippen molar-refractivity contribution >= 4 is 22.9 Å². The van der Waals surface area contributed by atoms with E-state index in [2.05, 4.69) is 55.9 Å². The lowest BCUT2D eigenvalue weighted by Gasteiger charge is -2.22. The summed E-state index contributed by atoms with van der Waals surface area (Å²) in [6.45, 7) is 9.46. The van der Waals surface area contributed by atoms with Crippen molar-refractivity contribution in [2.45, 2.75) is 33.7 Å². The molecule has 0 radical (unpaired) electrons. The van der Waals surface area contributed by atoms with E-state index in [4.69, 9.17) is 11.6 Å². The van der Waals surface area contributed by atoms with Crippen LogP contribution >= 0.6 is 22.9 Å². The molecule has 0 saturated carbocycles. The smallest absolute Gasteiger partial charge is 0.0590 e. The first-order chi connectivity index (χ1) is 9.04. The minimum Gasteiger partial charge on any atom is -0.306 e. The highest BCUT2D eigenvalue weighted by Gasteiger charge is 2.18. The summed E-state index contributed by atoms with van der Waals surface area (Å²) in [6, 6.07) is 4.53. The predicted octanol–water partition coefficient (Wildman–Crippen LogP) is 5.03. The van der Waals surface area contributed by atoms with E-state index in [1.165, 1.54) is 22.3 Å². The van der Waals surface area contributed by atoms with E-state index in [1.54, 1.807) is 11.3 Å². The van der Waals surface area contributed by atoms with Gasteiger partial charge >= 0.3 is 0 Å². The first-order valence-electron chi connectivity index (χ1n) is 6.57. The molecule has 0 bridgehead atoms. The summed E-state index contributed by atoms with van der Waals surface area (Å²) < 4.78 is 0. The van der Waals surface area contributed by atoms with Gasteiger partial charge in [-0.05, 0) is 72.0 Å². The average molecular weight is 294 g/mol. The molecule has 0 spiro atoms. The number of hydrogen-bond acceptors (Lipinski definition) is 2. The second-order valence-corrected chi connectivity index (χ2v) is 6.11. The third-order valence-corrected chi connectivity index (χ3v) is 4.76. The first-order valence-corrected chi connectivity index (χ1v) is 7.89. The second-order valence-electron chi connectivity index (χ2n) is 4.96. The van der Waals surface area contributed by atoms with Crippen molar-refractivity contribution in [2.24, 2.45) is 0 Å². The zero-order valence-corrected chi connectivity index (χ0v) is 13.5. The Balaban J connectivity index is 2.51. The quantitative estimate of drug-likeness (QED) is 0.834. The van der Waals surface area contributed by atoms with Crippen LogP contribution in [0.2, 0.25) is 5.02 Å².